The van der Waals surface area contributed by atoms with E-state index in [9.17, 15) is 9.59 Å². The highest BCUT2D eigenvalue weighted by molar-refractivity contribution is 9.10. The van der Waals surface area contributed by atoms with Gasteiger partial charge in [-0.25, -0.2) is 4.98 Å². The summed E-state index contributed by atoms with van der Waals surface area (Å²) in [6.45, 7) is -0.163. The molecular weight excluding hydrogens is 418 g/mol. The molecule has 3 rings (SSSR count). The van der Waals surface area contributed by atoms with Crippen molar-refractivity contribution in [1.29, 1.82) is 0 Å². The molecule has 1 heterocycles. The van der Waals surface area contributed by atoms with Crippen LogP contribution < -0.4 is 15.4 Å². The van der Waals surface area contributed by atoms with Gasteiger partial charge in [-0.15, -0.1) is 11.3 Å². The van der Waals surface area contributed by atoms with Gasteiger partial charge < -0.3 is 10.1 Å². The number of benzene rings is 2. The third-order valence-corrected chi connectivity index (χ3v) is 4.50. The molecule has 0 aliphatic carbocycles. The van der Waals surface area contributed by atoms with Crippen LogP contribution in [0.4, 0.5) is 10.8 Å². The molecule has 0 unspecified atom stereocenters. The number of hydrogen-bond donors (Lipinski definition) is 2. The molecule has 8 heteroatoms. The number of thiazole rings is 1. The molecule has 0 fully saturated rings. The Hall–Kier alpha value is -2.71. The summed E-state index contributed by atoms with van der Waals surface area (Å²) in [5.74, 6) is -0.120. The van der Waals surface area contributed by atoms with Crippen LogP contribution in [0.2, 0.25) is 0 Å². The number of halogens is 1. The lowest BCUT2D eigenvalue weighted by Gasteiger charge is -2.11. The lowest BCUT2D eigenvalue weighted by molar-refractivity contribution is -0.118. The molecule has 1 aromatic heterocycles. The molecule has 0 saturated carbocycles. The Morgan fingerprint density at radius 1 is 1.08 bits per heavy atom. The number of nitrogens with zero attached hydrogens (tertiary/aromatic N) is 1. The molecule has 0 atom stereocenters. The average Bonchev–Trinajstić information content (AvgIpc) is 3.14. The van der Waals surface area contributed by atoms with Gasteiger partial charge >= 0.3 is 0 Å². The normalized spacial score (nSPS) is 10.2. The first kappa shape index (κ1) is 18.1. The highest BCUT2D eigenvalue weighted by atomic mass is 79.9. The van der Waals surface area contributed by atoms with E-state index in [1.54, 1.807) is 48.0 Å². The second-order valence-corrected chi connectivity index (χ2v) is 6.94. The summed E-state index contributed by atoms with van der Waals surface area (Å²) < 4.78 is 6.36. The first-order chi connectivity index (χ1) is 12.6. The fraction of sp³-hybridized carbons (Fsp3) is 0.0556. The minimum atomic E-state index is -0.359. The fourth-order valence-corrected chi connectivity index (χ4v) is 2.89. The molecule has 0 bridgehead atoms. The maximum Gasteiger partial charge on any atom is 0.262 e. The predicted molar refractivity (Wildman–Crippen MR) is 105 cm³/mol. The minimum absolute atomic E-state index is 0.163. The van der Waals surface area contributed by atoms with Crippen LogP contribution in [0.1, 0.15) is 10.4 Å². The number of hydrogen-bond acceptors (Lipinski definition) is 5. The molecule has 0 spiro atoms. The Morgan fingerprint density at radius 3 is 2.58 bits per heavy atom. The van der Waals surface area contributed by atoms with E-state index in [1.165, 1.54) is 11.3 Å². The summed E-state index contributed by atoms with van der Waals surface area (Å²) in [4.78, 5) is 28.6. The highest BCUT2D eigenvalue weighted by Crippen LogP contribution is 2.19. The van der Waals surface area contributed by atoms with Crippen LogP contribution in [0.5, 0.6) is 5.75 Å². The van der Waals surface area contributed by atoms with Gasteiger partial charge in [-0.3, -0.25) is 14.9 Å². The molecular formula is C18H14BrN3O3S. The number of carbonyl (C=O) groups is 2. The van der Waals surface area contributed by atoms with Crippen molar-refractivity contribution in [3.63, 3.8) is 0 Å². The molecule has 2 amide bonds. The Labute approximate surface area is 162 Å². The molecule has 6 nitrogen and oxygen atoms in total. The average molecular weight is 432 g/mol. The van der Waals surface area contributed by atoms with Gasteiger partial charge in [0.1, 0.15) is 5.75 Å². The molecule has 2 N–H and O–H groups in total. The van der Waals surface area contributed by atoms with Crippen molar-refractivity contribution in [2.45, 2.75) is 0 Å². The van der Waals surface area contributed by atoms with Crippen LogP contribution in [0.3, 0.4) is 0 Å². The largest absolute Gasteiger partial charge is 0.484 e. The molecule has 3 aromatic rings. The van der Waals surface area contributed by atoms with Crippen molar-refractivity contribution >= 4 is 49.9 Å². The van der Waals surface area contributed by atoms with E-state index in [4.69, 9.17) is 4.74 Å². The standard InChI is InChI=1S/C18H14BrN3O3S/c19-12-5-7-13(8-6-12)25-11-16(23)21-15-4-2-1-3-14(15)17(24)22-18-20-9-10-26-18/h1-10H,11H2,(H,21,23)(H,20,22,24). The predicted octanol–water partition coefficient (Wildman–Crippen LogP) is 4.18. The number of amides is 2. The van der Waals surface area contributed by atoms with Crippen LogP contribution in [0, 0.1) is 0 Å². The quantitative estimate of drug-likeness (QED) is 0.613. The summed E-state index contributed by atoms with van der Waals surface area (Å²) >= 11 is 4.65. The van der Waals surface area contributed by atoms with Gasteiger partial charge in [0, 0.05) is 16.0 Å². The van der Waals surface area contributed by atoms with E-state index >= 15 is 0 Å². The number of carbonyl (C=O) groups excluding carboxylic acids is 2. The SMILES string of the molecule is O=C(COc1ccc(Br)cc1)Nc1ccccc1C(=O)Nc1nccs1. The van der Waals surface area contributed by atoms with Crippen molar-refractivity contribution in [2.75, 3.05) is 17.2 Å². The second kappa shape index (κ2) is 8.59. The second-order valence-electron chi connectivity index (χ2n) is 5.13. The fourth-order valence-electron chi connectivity index (χ4n) is 2.11. The van der Waals surface area contributed by atoms with Gasteiger partial charge in [0.2, 0.25) is 0 Å². The minimum Gasteiger partial charge on any atom is -0.484 e. The topological polar surface area (TPSA) is 80.3 Å². The van der Waals surface area contributed by atoms with Gasteiger partial charge in [-0.2, -0.15) is 0 Å². The van der Waals surface area contributed by atoms with Crippen LogP contribution in [-0.2, 0) is 4.79 Å². The molecule has 132 valence electrons. The highest BCUT2D eigenvalue weighted by Gasteiger charge is 2.14. The Kier molecular flexibility index (Phi) is 5.98. The molecule has 26 heavy (non-hydrogen) atoms. The lowest BCUT2D eigenvalue weighted by Crippen LogP contribution is -2.22. The zero-order valence-corrected chi connectivity index (χ0v) is 15.8. The monoisotopic (exact) mass is 431 g/mol. The zero-order valence-electron chi connectivity index (χ0n) is 13.4. The van der Waals surface area contributed by atoms with Crippen LogP contribution in [-0.4, -0.2) is 23.4 Å². The first-order valence-electron chi connectivity index (χ1n) is 7.60. The lowest BCUT2D eigenvalue weighted by atomic mass is 10.1. The molecule has 0 saturated heterocycles. The third kappa shape index (κ3) is 4.90. The maximum atomic E-state index is 12.4. The third-order valence-electron chi connectivity index (χ3n) is 3.28. The number of nitrogens with one attached hydrogen (secondary N) is 2. The van der Waals surface area contributed by atoms with Crippen molar-refractivity contribution in [3.8, 4) is 5.75 Å². The van der Waals surface area contributed by atoms with Crippen LogP contribution in [0.15, 0.2) is 64.6 Å². The molecule has 2 aromatic carbocycles. The zero-order chi connectivity index (χ0) is 18.4. The summed E-state index contributed by atoms with van der Waals surface area (Å²) in [6, 6.07) is 13.9. The smallest absolute Gasteiger partial charge is 0.262 e. The maximum absolute atomic E-state index is 12.4. The Bertz CT molecular complexity index is 898. The summed E-state index contributed by atoms with van der Waals surface area (Å²) in [7, 11) is 0. The van der Waals surface area contributed by atoms with E-state index in [2.05, 4.69) is 31.5 Å². The van der Waals surface area contributed by atoms with Crippen molar-refractivity contribution in [2.24, 2.45) is 0 Å². The summed E-state index contributed by atoms with van der Waals surface area (Å²) in [5.41, 5.74) is 0.755. The number of para-hydroxylation sites is 1. The van der Waals surface area contributed by atoms with Crippen molar-refractivity contribution < 1.29 is 14.3 Å². The summed E-state index contributed by atoms with van der Waals surface area (Å²) in [5, 5.41) is 7.66. The Morgan fingerprint density at radius 2 is 1.85 bits per heavy atom. The number of anilines is 2. The van der Waals surface area contributed by atoms with E-state index in [1.807, 2.05) is 12.1 Å². The van der Waals surface area contributed by atoms with E-state index in [0.29, 0.717) is 22.1 Å². The number of ether oxygens (including phenoxy) is 1. The first-order valence-corrected chi connectivity index (χ1v) is 9.27. The van der Waals surface area contributed by atoms with Gasteiger partial charge in [0.15, 0.2) is 11.7 Å². The molecule has 0 radical (unpaired) electrons. The van der Waals surface area contributed by atoms with E-state index < -0.39 is 0 Å². The van der Waals surface area contributed by atoms with Gasteiger partial charge in [-0.1, -0.05) is 28.1 Å². The summed E-state index contributed by atoms with van der Waals surface area (Å²) in [6.07, 6.45) is 1.60. The van der Waals surface area contributed by atoms with Gasteiger partial charge in [0.25, 0.3) is 11.8 Å². The van der Waals surface area contributed by atoms with Crippen molar-refractivity contribution in [1.82, 2.24) is 4.98 Å². The van der Waals surface area contributed by atoms with Crippen LogP contribution >= 0.6 is 27.3 Å². The number of rotatable bonds is 6. The van der Waals surface area contributed by atoms with E-state index in [-0.39, 0.29) is 18.4 Å². The van der Waals surface area contributed by atoms with Gasteiger partial charge in [-0.05, 0) is 36.4 Å². The number of aromatic nitrogens is 1. The molecule has 0 aliphatic heterocycles. The van der Waals surface area contributed by atoms with E-state index in [0.717, 1.165) is 4.47 Å². The Balaban J connectivity index is 1.62. The van der Waals surface area contributed by atoms with Crippen molar-refractivity contribution in [3.05, 3.63) is 70.1 Å². The molecule has 0 aliphatic rings. The van der Waals surface area contributed by atoms with Crippen LogP contribution in [0.25, 0.3) is 0 Å². The van der Waals surface area contributed by atoms with Gasteiger partial charge in [0.05, 0.1) is 11.3 Å².